The van der Waals surface area contributed by atoms with Crippen molar-refractivity contribution in [1.29, 1.82) is 0 Å². The SMILES string of the molecule is CNC(=O)Cc1ccc2c([Se]c3cccnc3)c[nH]c2c1. The van der Waals surface area contributed by atoms with Crippen LogP contribution >= 0.6 is 0 Å². The van der Waals surface area contributed by atoms with E-state index in [0.29, 0.717) is 6.42 Å². The zero-order valence-electron chi connectivity index (χ0n) is 11.6. The van der Waals surface area contributed by atoms with Gasteiger partial charge in [-0.1, -0.05) is 0 Å². The molecule has 0 saturated heterocycles. The molecule has 0 aliphatic rings. The van der Waals surface area contributed by atoms with Gasteiger partial charge in [-0.05, 0) is 0 Å². The van der Waals surface area contributed by atoms with Gasteiger partial charge in [-0.25, -0.2) is 0 Å². The average molecular weight is 344 g/mol. The van der Waals surface area contributed by atoms with Crippen molar-refractivity contribution in [1.82, 2.24) is 15.3 Å². The molecule has 1 aromatic carbocycles. The Morgan fingerprint density at radius 2 is 2.29 bits per heavy atom. The Morgan fingerprint density at radius 3 is 3.05 bits per heavy atom. The molecule has 2 N–H and O–H groups in total. The summed E-state index contributed by atoms with van der Waals surface area (Å²) < 4.78 is 2.55. The normalized spacial score (nSPS) is 10.7. The van der Waals surface area contributed by atoms with Crippen LogP contribution in [0.2, 0.25) is 0 Å². The Bertz CT molecular complexity index is 768. The summed E-state index contributed by atoms with van der Waals surface area (Å²) >= 11 is 0.231. The van der Waals surface area contributed by atoms with Crippen LogP contribution in [0.25, 0.3) is 10.9 Å². The van der Waals surface area contributed by atoms with E-state index in [2.05, 4.69) is 33.6 Å². The molecule has 21 heavy (non-hydrogen) atoms. The Kier molecular flexibility index (Phi) is 4.04. The summed E-state index contributed by atoms with van der Waals surface area (Å²) in [4.78, 5) is 18.9. The third kappa shape index (κ3) is 3.15. The number of fused-ring (bicyclic) bond motifs is 1. The number of carbonyl (C=O) groups excluding carboxylic acids is 1. The van der Waals surface area contributed by atoms with Crippen molar-refractivity contribution in [2.45, 2.75) is 6.42 Å². The fraction of sp³-hybridized carbons (Fsp3) is 0.125. The Balaban J connectivity index is 1.87. The van der Waals surface area contributed by atoms with Crippen molar-refractivity contribution in [3.05, 3.63) is 54.5 Å². The second-order valence-corrected chi connectivity index (χ2v) is 7.01. The molecular formula is C16H15N3OSe. The summed E-state index contributed by atoms with van der Waals surface area (Å²) in [6.45, 7) is 0. The fourth-order valence-corrected chi connectivity index (χ4v) is 4.08. The Morgan fingerprint density at radius 1 is 1.38 bits per heavy atom. The molecule has 0 saturated carbocycles. The molecule has 5 heteroatoms. The van der Waals surface area contributed by atoms with E-state index in [4.69, 9.17) is 0 Å². The zero-order valence-corrected chi connectivity index (χ0v) is 13.3. The number of aromatic nitrogens is 2. The number of amides is 1. The van der Waals surface area contributed by atoms with Crippen molar-refractivity contribution < 1.29 is 4.79 Å². The molecule has 0 spiro atoms. The second-order valence-electron chi connectivity index (χ2n) is 4.67. The topological polar surface area (TPSA) is 57.8 Å². The molecule has 0 fully saturated rings. The van der Waals surface area contributed by atoms with Crippen molar-refractivity contribution >= 4 is 40.7 Å². The maximum absolute atomic E-state index is 11.4. The molecule has 0 aliphatic carbocycles. The molecule has 0 aliphatic heterocycles. The number of H-pyrrole nitrogens is 1. The monoisotopic (exact) mass is 345 g/mol. The summed E-state index contributed by atoms with van der Waals surface area (Å²) in [5.74, 6) is 0.0284. The molecule has 106 valence electrons. The Labute approximate surface area is 129 Å². The van der Waals surface area contributed by atoms with Crippen molar-refractivity contribution in [3.8, 4) is 0 Å². The summed E-state index contributed by atoms with van der Waals surface area (Å²) in [6.07, 6.45) is 6.18. The number of hydrogen-bond acceptors (Lipinski definition) is 2. The predicted molar refractivity (Wildman–Crippen MR) is 85.3 cm³/mol. The van der Waals surface area contributed by atoms with Crippen LogP contribution < -0.4 is 14.2 Å². The molecule has 1 amide bonds. The Hall–Kier alpha value is -2.10. The molecule has 0 atom stereocenters. The van der Waals surface area contributed by atoms with Gasteiger partial charge in [0.2, 0.25) is 0 Å². The number of aromatic amines is 1. The van der Waals surface area contributed by atoms with Gasteiger partial charge >= 0.3 is 129 Å². The van der Waals surface area contributed by atoms with Crippen LogP contribution in [-0.4, -0.2) is 37.9 Å². The minimum absolute atomic E-state index is 0.0284. The van der Waals surface area contributed by atoms with Crippen LogP contribution in [0.3, 0.4) is 0 Å². The van der Waals surface area contributed by atoms with Gasteiger partial charge in [0.1, 0.15) is 0 Å². The first-order chi connectivity index (χ1) is 10.3. The molecule has 3 aromatic rings. The van der Waals surface area contributed by atoms with E-state index in [1.165, 1.54) is 14.3 Å². The third-order valence-electron chi connectivity index (χ3n) is 3.21. The summed E-state index contributed by atoms with van der Waals surface area (Å²) in [7, 11) is 1.66. The van der Waals surface area contributed by atoms with E-state index in [9.17, 15) is 4.79 Å². The minimum atomic E-state index is 0.0284. The first-order valence-electron chi connectivity index (χ1n) is 6.65. The number of pyridine rings is 1. The van der Waals surface area contributed by atoms with E-state index < -0.39 is 0 Å². The van der Waals surface area contributed by atoms with Crippen molar-refractivity contribution in [3.63, 3.8) is 0 Å². The van der Waals surface area contributed by atoms with E-state index in [0.717, 1.165) is 11.1 Å². The number of nitrogens with zero attached hydrogens (tertiary/aromatic N) is 1. The van der Waals surface area contributed by atoms with Crippen molar-refractivity contribution in [2.24, 2.45) is 0 Å². The van der Waals surface area contributed by atoms with Crippen LogP contribution in [0.15, 0.2) is 48.9 Å². The van der Waals surface area contributed by atoms with Gasteiger partial charge in [0, 0.05) is 0 Å². The summed E-state index contributed by atoms with van der Waals surface area (Å²) in [5.41, 5.74) is 2.10. The molecular weight excluding hydrogens is 329 g/mol. The van der Waals surface area contributed by atoms with Crippen molar-refractivity contribution in [2.75, 3.05) is 7.05 Å². The van der Waals surface area contributed by atoms with Crippen LogP contribution in [0.1, 0.15) is 5.56 Å². The number of benzene rings is 1. The van der Waals surface area contributed by atoms with Gasteiger partial charge in [-0.3, -0.25) is 0 Å². The van der Waals surface area contributed by atoms with Gasteiger partial charge in [0.25, 0.3) is 0 Å². The van der Waals surface area contributed by atoms with E-state index >= 15 is 0 Å². The number of likely N-dealkylation sites (N-methyl/N-ethyl adjacent to an activating group) is 1. The number of hydrogen-bond donors (Lipinski definition) is 2. The van der Waals surface area contributed by atoms with E-state index in [1.54, 1.807) is 13.2 Å². The van der Waals surface area contributed by atoms with Gasteiger partial charge in [0.05, 0.1) is 0 Å². The molecule has 2 heterocycles. The molecule has 0 bridgehead atoms. The third-order valence-corrected chi connectivity index (χ3v) is 5.39. The van der Waals surface area contributed by atoms with Gasteiger partial charge in [0.15, 0.2) is 0 Å². The first-order valence-corrected chi connectivity index (χ1v) is 8.36. The molecule has 4 nitrogen and oxygen atoms in total. The summed E-state index contributed by atoms with van der Waals surface area (Å²) in [6, 6.07) is 10.2. The second kappa shape index (κ2) is 6.12. The standard InChI is InChI=1S/C16H15N3OSe/c1-17-16(20)8-11-4-5-13-14(7-11)19-10-15(13)21-12-3-2-6-18-9-12/h2-7,9-10,19H,8H2,1H3,(H,17,20). The molecule has 2 aromatic heterocycles. The van der Waals surface area contributed by atoms with Gasteiger partial charge in [-0.15, -0.1) is 0 Å². The van der Waals surface area contributed by atoms with Crippen LogP contribution in [0.4, 0.5) is 0 Å². The van der Waals surface area contributed by atoms with E-state index in [-0.39, 0.29) is 20.9 Å². The molecule has 0 radical (unpaired) electrons. The predicted octanol–water partition coefficient (Wildman–Crippen LogP) is 0.506. The number of carbonyl (C=O) groups is 1. The molecule has 3 rings (SSSR count). The zero-order chi connectivity index (χ0) is 14.7. The van der Waals surface area contributed by atoms with Gasteiger partial charge in [-0.2, -0.15) is 0 Å². The van der Waals surface area contributed by atoms with E-state index in [1.807, 2.05) is 24.4 Å². The van der Waals surface area contributed by atoms with Crippen LogP contribution in [0.5, 0.6) is 0 Å². The number of rotatable bonds is 4. The first kappa shape index (κ1) is 13.9. The quantitative estimate of drug-likeness (QED) is 0.678. The number of nitrogens with one attached hydrogen (secondary N) is 2. The molecule has 0 unspecified atom stereocenters. The van der Waals surface area contributed by atoms with Crippen LogP contribution in [-0.2, 0) is 11.2 Å². The maximum atomic E-state index is 11.4. The average Bonchev–Trinajstić information content (AvgIpc) is 2.90. The fourth-order valence-electron chi connectivity index (χ4n) is 2.15. The summed E-state index contributed by atoms with van der Waals surface area (Å²) in [5, 5.41) is 3.87. The van der Waals surface area contributed by atoms with Gasteiger partial charge < -0.3 is 0 Å². The van der Waals surface area contributed by atoms with Crippen LogP contribution in [0, 0.1) is 0 Å².